The van der Waals surface area contributed by atoms with E-state index in [1.54, 1.807) is 24.3 Å². The maximum atomic E-state index is 11.9. The van der Waals surface area contributed by atoms with Crippen LogP contribution in [0.25, 0.3) is 0 Å². The average molecular weight is 311 g/mol. The minimum atomic E-state index is -0.189. The van der Waals surface area contributed by atoms with Crippen molar-refractivity contribution >= 4 is 12.2 Å². The predicted octanol–water partition coefficient (Wildman–Crippen LogP) is 3.02. The van der Waals surface area contributed by atoms with Gasteiger partial charge >= 0.3 is 0 Å². The molecule has 120 valence electrons. The first kappa shape index (κ1) is 16.7. The van der Waals surface area contributed by atoms with E-state index >= 15 is 0 Å². The first-order valence-corrected chi connectivity index (χ1v) is 7.69. The quantitative estimate of drug-likeness (QED) is 0.762. The number of carbonyl (C=O) groups is 2. The van der Waals surface area contributed by atoms with Gasteiger partial charge in [0.25, 0.3) is 5.91 Å². The number of hydrogen-bond acceptors (Lipinski definition) is 3. The molecule has 0 unspecified atom stereocenters. The van der Waals surface area contributed by atoms with Crippen LogP contribution in [0, 0.1) is 0 Å². The molecule has 0 aliphatic rings. The molecule has 0 aliphatic carbocycles. The third kappa shape index (κ3) is 5.58. The summed E-state index contributed by atoms with van der Waals surface area (Å²) < 4.78 is 5.41. The summed E-state index contributed by atoms with van der Waals surface area (Å²) in [5.41, 5.74) is 1.70. The van der Waals surface area contributed by atoms with Crippen molar-refractivity contribution in [3.8, 4) is 5.75 Å². The molecule has 0 fully saturated rings. The van der Waals surface area contributed by atoms with E-state index in [2.05, 4.69) is 17.4 Å². The number of amides is 1. The Labute approximate surface area is 136 Å². The third-order valence-electron chi connectivity index (χ3n) is 3.52. The molecule has 2 aromatic rings. The highest BCUT2D eigenvalue weighted by Gasteiger charge is 2.09. The lowest BCUT2D eigenvalue weighted by Gasteiger charge is -2.14. The number of aldehydes is 1. The number of aryl methyl sites for hydroxylation is 1. The molecule has 23 heavy (non-hydrogen) atoms. The van der Waals surface area contributed by atoms with Gasteiger partial charge in [0.2, 0.25) is 0 Å². The molecular weight excluding hydrogens is 290 g/mol. The Hall–Kier alpha value is -2.62. The van der Waals surface area contributed by atoms with Crippen LogP contribution in [0.2, 0.25) is 0 Å². The molecule has 2 aromatic carbocycles. The van der Waals surface area contributed by atoms with Crippen LogP contribution in [0.15, 0.2) is 54.6 Å². The molecule has 0 saturated carbocycles. The first-order valence-electron chi connectivity index (χ1n) is 7.69. The van der Waals surface area contributed by atoms with Gasteiger partial charge in [-0.05, 0) is 37.5 Å². The molecule has 0 aromatic heterocycles. The van der Waals surface area contributed by atoms with Crippen molar-refractivity contribution in [3.63, 3.8) is 0 Å². The van der Waals surface area contributed by atoms with E-state index in [0.717, 1.165) is 19.1 Å². The van der Waals surface area contributed by atoms with Gasteiger partial charge in [0.15, 0.2) is 12.9 Å². The van der Waals surface area contributed by atoms with Crippen LogP contribution in [-0.4, -0.2) is 24.8 Å². The van der Waals surface area contributed by atoms with E-state index in [-0.39, 0.29) is 18.6 Å². The standard InChI is InChI=1S/C19H21NO3/c1-15(11-12-16-7-3-2-4-8-16)20-19(22)14-23-18-10-6-5-9-17(18)13-21/h2-10,13,15H,11-12,14H2,1H3,(H,20,22)/t15-/m0/s1. The van der Waals surface area contributed by atoms with Crippen LogP contribution in [-0.2, 0) is 11.2 Å². The molecule has 0 aliphatic heterocycles. The molecule has 0 radical (unpaired) electrons. The van der Waals surface area contributed by atoms with Gasteiger partial charge < -0.3 is 10.1 Å². The smallest absolute Gasteiger partial charge is 0.258 e. The summed E-state index contributed by atoms with van der Waals surface area (Å²) >= 11 is 0. The molecule has 0 saturated heterocycles. The monoisotopic (exact) mass is 311 g/mol. The molecular formula is C19H21NO3. The molecule has 1 N–H and O–H groups in total. The first-order chi connectivity index (χ1) is 11.2. The minimum absolute atomic E-state index is 0.0626. The number of para-hydroxylation sites is 1. The van der Waals surface area contributed by atoms with E-state index in [9.17, 15) is 9.59 Å². The lowest BCUT2D eigenvalue weighted by atomic mass is 10.1. The van der Waals surface area contributed by atoms with Crippen molar-refractivity contribution in [1.82, 2.24) is 5.32 Å². The maximum absolute atomic E-state index is 11.9. The normalized spacial score (nSPS) is 11.5. The van der Waals surface area contributed by atoms with Gasteiger partial charge in [-0.15, -0.1) is 0 Å². The second-order valence-corrected chi connectivity index (χ2v) is 5.44. The van der Waals surface area contributed by atoms with Gasteiger partial charge in [0, 0.05) is 6.04 Å². The second kappa shape index (κ2) is 8.73. The van der Waals surface area contributed by atoms with Gasteiger partial charge in [-0.1, -0.05) is 42.5 Å². The van der Waals surface area contributed by atoms with Gasteiger partial charge in [0.05, 0.1) is 5.56 Å². The van der Waals surface area contributed by atoms with Crippen LogP contribution in [0.1, 0.15) is 29.3 Å². The van der Waals surface area contributed by atoms with E-state index in [1.165, 1.54) is 5.56 Å². The van der Waals surface area contributed by atoms with Gasteiger partial charge in [-0.25, -0.2) is 0 Å². The van der Waals surface area contributed by atoms with Crippen molar-refractivity contribution in [1.29, 1.82) is 0 Å². The SMILES string of the molecule is C[C@@H](CCc1ccccc1)NC(=O)COc1ccccc1C=O. The zero-order valence-corrected chi connectivity index (χ0v) is 13.2. The number of rotatable bonds is 8. The van der Waals surface area contributed by atoms with Crippen LogP contribution < -0.4 is 10.1 Å². The van der Waals surface area contributed by atoms with E-state index in [4.69, 9.17) is 4.74 Å². The molecule has 0 heterocycles. The van der Waals surface area contributed by atoms with Crippen LogP contribution in [0.4, 0.5) is 0 Å². The highest BCUT2D eigenvalue weighted by Crippen LogP contribution is 2.15. The van der Waals surface area contributed by atoms with E-state index < -0.39 is 0 Å². The maximum Gasteiger partial charge on any atom is 0.258 e. The molecule has 1 atom stereocenters. The van der Waals surface area contributed by atoms with E-state index in [0.29, 0.717) is 11.3 Å². The zero-order valence-electron chi connectivity index (χ0n) is 13.2. The topological polar surface area (TPSA) is 55.4 Å². The van der Waals surface area contributed by atoms with Crippen LogP contribution >= 0.6 is 0 Å². The van der Waals surface area contributed by atoms with Crippen molar-refractivity contribution in [2.75, 3.05) is 6.61 Å². The fourth-order valence-electron chi connectivity index (χ4n) is 2.27. The molecule has 1 amide bonds. The molecule has 2 rings (SSSR count). The highest BCUT2D eigenvalue weighted by molar-refractivity contribution is 5.80. The minimum Gasteiger partial charge on any atom is -0.483 e. The van der Waals surface area contributed by atoms with Crippen molar-refractivity contribution in [3.05, 3.63) is 65.7 Å². The summed E-state index contributed by atoms with van der Waals surface area (Å²) in [6, 6.07) is 17.1. The van der Waals surface area contributed by atoms with Gasteiger partial charge in [-0.2, -0.15) is 0 Å². The molecule has 0 bridgehead atoms. The molecule has 4 heteroatoms. The largest absolute Gasteiger partial charge is 0.483 e. The average Bonchev–Trinajstić information content (AvgIpc) is 2.59. The summed E-state index contributed by atoms with van der Waals surface area (Å²) in [6.07, 6.45) is 2.49. The van der Waals surface area contributed by atoms with Crippen molar-refractivity contribution < 1.29 is 14.3 Å². The number of benzene rings is 2. The Balaban J connectivity index is 1.74. The fraction of sp³-hybridized carbons (Fsp3) is 0.263. The van der Waals surface area contributed by atoms with Crippen LogP contribution in [0.5, 0.6) is 5.75 Å². The zero-order chi connectivity index (χ0) is 16.5. The Morgan fingerprint density at radius 1 is 1.13 bits per heavy atom. The highest BCUT2D eigenvalue weighted by atomic mass is 16.5. The summed E-state index contributed by atoms with van der Waals surface area (Å²) in [4.78, 5) is 22.8. The summed E-state index contributed by atoms with van der Waals surface area (Å²) in [5, 5.41) is 2.91. The van der Waals surface area contributed by atoms with Crippen molar-refractivity contribution in [2.24, 2.45) is 0 Å². The number of hydrogen-bond donors (Lipinski definition) is 1. The Morgan fingerprint density at radius 2 is 1.83 bits per heavy atom. The number of ether oxygens (including phenoxy) is 1. The van der Waals surface area contributed by atoms with Gasteiger partial charge in [0.1, 0.15) is 5.75 Å². The summed E-state index contributed by atoms with van der Waals surface area (Å²) in [5.74, 6) is 0.237. The Morgan fingerprint density at radius 3 is 2.57 bits per heavy atom. The fourth-order valence-corrected chi connectivity index (χ4v) is 2.27. The summed E-state index contributed by atoms with van der Waals surface area (Å²) in [7, 11) is 0. The lowest BCUT2D eigenvalue weighted by Crippen LogP contribution is -2.36. The second-order valence-electron chi connectivity index (χ2n) is 5.44. The summed E-state index contributed by atoms with van der Waals surface area (Å²) in [6.45, 7) is 1.88. The number of carbonyl (C=O) groups excluding carboxylic acids is 2. The molecule has 4 nitrogen and oxygen atoms in total. The lowest BCUT2D eigenvalue weighted by molar-refractivity contribution is -0.123. The van der Waals surface area contributed by atoms with Crippen molar-refractivity contribution in [2.45, 2.75) is 25.8 Å². The Kier molecular flexibility index (Phi) is 6.36. The number of nitrogens with one attached hydrogen (secondary N) is 1. The predicted molar refractivity (Wildman–Crippen MR) is 89.7 cm³/mol. The van der Waals surface area contributed by atoms with E-state index in [1.807, 2.05) is 25.1 Å². The van der Waals surface area contributed by atoms with Gasteiger partial charge in [-0.3, -0.25) is 9.59 Å². The molecule has 0 spiro atoms. The van der Waals surface area contributed by atoms with Crippen LogP contribution in [0.3, 0.4) is 0 Å². The third-order valence-corrected chi connectivity index (χ3v) is 3.52. The Bertz CT molecular complexity index is 640.